The number of rotatable bonds is 4. The van der Waals surface area contributed by atoms with Gasteiger partial charge in [-0.15, -0.1) is 0 Å². The van der Waals surface area contributed by atoms with Crippen molar-refractivity contribution in [2.75, 3.05) is 32.1 Å². The van der Waals surface area contributed by atoms with E-state index >= 15 is 0 Å². The molecule has 6 heteroatoms. The molecule has 1 fully saturated rings. The molecule has 1 aliphatic heterocycles. The molecule has 1 saturated heterocycles. The standard InChI is InChI=1S/C13H21N5S/c1-9-7-11(12(14)19)16-13(15-9)18(3)8-10-5-4-6-17(10)2/h7,10H,4-6,8H2,1-3H3,(H2,14,19). The van der Waals surface area contributed by atoms with Crippen LogP contribution in [0.5, 0.6) is 0 Å². The van der Waals surface area contributed by atoms with Gasteiger partial charge in [0.1, 0.15) is 10.7 Å². The van der Waals surface area contributed by atoms with Crippen LogP contribution in [0.25, 0.3) is 0 Å². The molecule has 2 N–H and O–H groups in total. The number of hydrogen-bond acceptors (Lipinski definition) is 5. The van der Waals surface area contributed by atoms with Crippen molar-refractivity contribution in [1.82, 2.24) is 14.9 Å². The fourth-order valence-electron chi connectivity index (χ4n) is 2.46. The van der Waals surface area contributed by atoms with Gasteiger partial charge in [0.2, 0.25) is 5.95 Å². The van der Waals surface area contributed by atoms with Gasteiger partial charge < -0.3 is 15.5 Å². The van der Waals surface area contributed by atoms with Gasteiger partial charge in [0.05, 0.1) is 0 Å². The van der Waals surface area contributed by atoms with Gasteiger partial charge in [0, 0.05) is 25.3 Å². The Morgan fingerprint density at radius 1 is 1.58 bits per heavy atom. The third kappa shape index (κ3) is 3.39. The van der Waals surface area contributed by atoms with E-state index in [1.807, 2.05) is 20.0 Å². The number of anilines is 1. The predicted molar refractivity (Wildman–Crippen MR) is 81.6 cm³/mol. The zero-order valence-electron chi connectivity index (χ0n) is 11.8. The summed E-state index contributed by atoms with van der Waals surface area (Å²) >= 11 is 4.99. The molecule has 0 aliphatic carbocycles. The molecular formula is C13H21N5S. The number of thiocarbonyl (C=S) groups is 1. The lowest BCUT2D eigenvalue weighted by Gasteiger charge is -2.26. The highest BCUT2D eigenvalue weighted by Crippen LogP contribution is 2.17. The molecule has 2 rings (SSSR count). The normalized spacial score (nSPS) is 19.6. The summed E-state index contributed by atoms with van der Waals surface area (Å²) in [5.41, 5.74) is 7.18. The minimum absolute atomic E-state index is 0.318. The van der Waals surface area contributed by atoms with E-state index in [4.69, 9.17) is 18.0 Å². The minimum atomic E-state index is 0.318. The highest BCUT2D eigenvalue weighted by atomic mass is 32.1. The first-order valence-corrected chi connectivity index (χ1v) is 6.95. The zero-order valence-corrected chi connectivity index (χ0v) is 12.6. The Hall–Kier alpha value is -1.27. The monoisotopic (exact) mass is 279 g/mol. The fourth-order valence-corrected chi connectivity index (χ4v) is 2.56. The molecule has 1 aliphatic rings. The van der Waals surface area contributed by atoms with E-state index in [2.05, 4.69) is 26.8 Å². The van der Waals surface area contributed by atoms with Gasteiger partial charge in [-0.25, -0.2) is 9.97 Å². The molecule has 2 heterocycles. The van der Waals surface area contributed by atoms with E-state index in [-0.39, 0.29) is 0 Å². The maximum Gasteiger partial charge on any atom is 0.225 e. The second kappa shape index (κ2) is 5.79. The van der Waals surface area contributed by atoms with Crippen LogP contribution in [0.3, 0.4) is 0 Å². The summed E-state index contributed by atoms with van der Waals surface area (Å²) < 4.78 is 0. The lowest BCUT2D eigenvalue weighted by Crippen LogP contribution is -2.37. The maximum absolute atomic E-state index is 5.65. The second-order valence-electron chi connectivity index (χ2n) is 5.22. The van der Waals surface area contributed by atoms with Crippen molar-refractivity contribution in [3.63, 3.8) is 0 Å². The molecule has 1 aromatic rings. The molecule has 0 spiro atoms. The van der Waals surface area contributed by atoms with Crippen LogP contribution in [-0.2, 0) is 0 Å². The Labute approximate surface area is 119 Å². The number of nitrogens with two attached hydrogens (primary N) is 1. The summed E-state index contributed by atoms with van der Waals surface area (Å²) in [7, 11) is 4.19. The first-order valence-electron chi connectivity index (χ1n) is 6.54. The van der Waals surface area contributed by atoms with Crippen molar-refractivity contribution < 1.29 is 0 Å². The minimum Gasteiger partial charge on any atom is -0.388 e. The molecule has 0 amide bonds. The Morgan fingerprint density at radius 2 is 2.32 bits per heavy atom. The molecule has 0 bridgehead atoms. The molecule has 0 radical (unpaired) electrons. The van der Waals surface area contributed by atoms with E-state index in [1.165, 1.54) is 19.4 Å². The van der Waals surface area contributed by atoms with Crippen LogP contribution in [0.4, 0.5) is 5.95 Å². The summed E-state index contributed by atoms with van der Waals surface area (Å²) in [5.74, 6) is 0.697. The van der Waals surface area contributed by atoms with Crippen LogP contribution in [0.1, 0.15) is 24.2 Å². The molecule has 5 nitrogen and oxygen atoms in total. The first-order chi connectivity index (χ1) is 8.97. The zero-order chi connectivity index (χ0) is 14.0. The third-order valence-electron chi connectivity index (χ3n) is 3.59. The van der Waals surface area contributed by atoms with Gasteiger partial charge in [0.15, 0.2) is 0 Å². The number of hydrogen-bond donors (Lipinski definition) is 1. The second-order valence-corrected chi connectivity index (χ2v) is 5.66. The van der Waals surface area contributed by atoms with Crippen molar-refractivity contribution in [1.29, 1.82) is 0 Å². The molecular weight excluding hydrogens is 258 g/mol. The van der Waals surface area contributed by atoms with Gasteiger partial charge in [-0.2, -0.15) is 0 Å². The molecule has 19 heavy (non-hydrogen) atoms. The Kier molecular flexibility index (Phi) is 4.31. The molecule has 0 aromatic carbocycles. The number of likely N-dealkylation sites (tertiary alicyclic amines) is 1. The highest BCUT2D eigenvalue weighted by molar-refractivity contribution is 7.80. The summed E-state index contributed by atoms with van der Waals surface area (Å²) in [5, 5.41) is 0. The topological polar surface area (TPSA) is 58.3 Å². The number of likely N-dealkylation sites (N-methyl/N-ethyl adjacent to an activating group) is 2. The van der Waals surface area contributed by atoms with Gasteiger partial charge >= 0.3 is 0 Å². The molecule has 0 saturated carbocycles. The van der Waals surface area contributed by atoms with Crippen LogP contribution < -0.4 is 10.6 Å². The number of nitrogens with zero attached hydrogens (tertiary/aromatic N) is 4. The van der Waals surface area contributed by atoms with Gasteiger partial charge in [-0.05, 0) is 39.4 Å². The third-order valence-corrected chi connectivity index (χ3v) is 3.80. The highest BCUT2D eigenvalue weighted by Gasteiger charge is 2.23. The maximum atomic E-state index is 5.65. The first kappa shape index (κ1) is 14.1. The molecule has 104 valence electrons. The van der Waals surface area contributed by atoms with Crippen LogP contribution in [0.2, 0.25) is 0 Å². The molecule has 1 aromatic heterocycles. The van der Waals surface area contributed by atoms with E-state index < -0.39 is 0 Å². The largest absolute Gasteiger partial charge is 0.388 e. The van der Waals surface area contributed by atoms with Gasteiger partial charge in [-0.3, -0.25) is 0 Å². The van der Waals surface area contributed by atoms with Crippen molar-refractivity contribution in [2.45, 2.75) is 25.8 Å². The number of aromatic nitrogens is 2. The van der Waals surface area contributed by atoms with Crippen molar-refractivity contribution in [3.8, 4) is 0 Å². The van der Waals surface area contributed by atoms with Crippen molar-refractivity contribution in [3.05, 3.63) is 17.5 Å². The smallest absolute Gasteiger partial charge is 0.225 e. The predicted octanol–water partition coefficient (Wildman–Crippen LogP) is 0.950. The Balaban J connectivity index is 2.14. The van der Waals surface area contributed by atoms with Crippen LogP contribution >= 0.6 is 12.2 Å². The van der Waals surface area contributed by atoms with E-state index in [9.17, 15) is 0 Å². The van der Waals surface area contributed by atoms with Crippen LogP contribution in [0, 0.1) is 6.92 Å². The average Bonchev–Trinajstić information content (AvgIpc) is 2.74. The lowest BCUT2D eigenvalue weighted by atomic mass is 10.2. The van der Waals surface area contributed by atoms with E-state index in [0.717, 1.165) is 12.2 Å². The summed E-state index contributed by atoms with van der Waals surface area (Å²) in [6, 6.07) is 2.39. The SMILES string of the molecule is Cc1cc(C(N)=S)nc(N(C)CC2CCCN2C)n1. The van der Waals surface area contributed by atoms with Gasteiger partial charge in [-0.1, -0.05) is 12.2 Å². The van der Waals surface area contributed by atoms with Crippen molar-refractivity contribution >= 4 is 23.2 Å². The van der Waals surface area contributed by atoms with Crippen LogP contribution in [-0.4, -0.2) is 53.1 Å². The fraction of sp³-hybridized carbons (Fsp3) is 0.615. The van der Waals surface area contributed by atoms with E-state index in [1.54, 1.807) is 0 Å². The summed E-state index contributed by atoms with van der Waals surface area (Å²) in [6.45, 7) is 4.03. The summed E-state index contributed by atoms with van der Waals surface area (Å²) in [6.07, 6.45) is 2.50. The average molecular weight is 279 g/mol. The summed E-state index contributed by atoms with van der Waals surface area (Å²) in [4.78, 5) is 13.7. The van der Waals surface area contributed by atoms with Crippen molar-refractivity contribution in [2.24, 2.45) is 5.73 Å². The Morgan fingerprint density at radius 3 is 2.89 bits per heavy atom. The Bertz CT molecular complexity index is 476. The molecule has 1 unspecified atom stereocenters. The quantitative estimate of drug-likeness (QED) is 0.828. The lowest BCUT2D eigenvalue weighted by molar-refractivity contribution is 0.313. The van der Waals surface area contributed by atoms with E-state index in [0.29, 0.717) is 22.7 Å². The van der Waals surface area contributed by atoms with Gasteiger partial charge in [0.25, 0.3) is 0 Å². The number of aryl methyl sites for hydroxylation is 1. The van der Waals surface area contributed by atoms with Crippen LogP contribution in [0.15, 0.2) is 6.07 Å². The molecule has 1 atom stereocenters.